The minimum Gasteiger partial charge on any atom is -0.376 e. The van der Waals surface area contributed by atoms with E-state index in [2.05, 4.69) is 5.32 Å². The number of rotatable bonds is 3. The van der Waals surface area contributed by atoms with E-state index in [4.69, 9.17) is 20.2 Å². The Kier molecular flexibility index (Phi) is 4.59. The lowest BCUT2D eigenvalue weighted by molar-refractivity contribution is -0.142. The quantitative estimate of drug-likeness (QED) is 0.843. The summed E-state index contributed by atoms with van der Waals surface area (Å²) in [7, 11) is 0.893. The number of halogens is 2. The third kappa shape index (κ3) is 3.66. The summed E-state index contributed by atoms with van der Waals surface area (Å²) >= 11 is 0. The Morgan fingerprint density at radius 3 is 2.70 bits per heavy atom. The van der Waals surface area contributed by atoms with Crippen LogP contribution in [-0.4, -0.2) is 40.2 Å². The van der Waals surface area contributed by atoms with E-state index in [-0.39, 0.29) is 12.3 Å². The molecule has 0 bridgehead atoms. The SMILES string of the molecule is O=C(Nc1ccc(S(=O)(=O)Cl)c(F)c1)C1COCCO1. The first-order valence-corrected chi connectivity index (χ1v) is 7.93. The van der Waals surface area contributed by atoms with Gasteiger partial charge in [-0.15, -0.1) is 0 Å². The highest BCUT2D eigenvalue weighted by molar-refractivity contribution is 8.13. The zero-order valence-electron chi connectivity index (χ0n) is 10.1. The molecule has 1 fully saturated rings. The number of hydrogen-bond donors (Lipinski definition) is 1. The van der Waals surface area contributed by atoms with Gasteiger partial charge < -0.3 is 14.8 Å². The lowest BCUT2D eigenvalue weighted by Gasteiger charge is -2.22. The van der Waals surface area contributed by atoms with E-state index in [9.17, 15) is 17.6 Å². The molecule has 110 valence electrons. The Bertz CT molecular complexity index is 615. The van der Waals surface area contributed by atoms with Gasteiger partial charge in [0.1, 0.15) is 10.7 Å². The van der Waals surface area contributed by atoms with E-state index in [0.29, 0.717) is 13.2 Å². The number of hydrogen-bond acceptors (Lipinski definition) is 5. The summed E-state index contributed by atoms with van der Waals surface area (Å²) in [6, 6.07) is 3.09. The van der Waals surface area contributed by atoms with Crippen LogP contribution in [0.25, 0.3) is 0 Å². The molecule has 1 aliphatic rings. The molecule has 1 aliphatic heterocycles. The van der Waals surface area contributed by atoms with Gasteiger partial charge in [0.25, 0.3) is 15.0 Å². The van der Waals surface area contributed by atoms with E-state index in [1.54, 1.807) is 0 Å². The summed E-state index contributed by atoms with van der Waals surface area (Å²) in [5, 5.41) is 2.41. The first kappa shape index (κ1) is 15.2. The van der Waals surface area contributed by atoms with Gasteiger partial charge in [0.15, 0.2) is 6.10 Å². The summed E-state index contributed by atoms with van der Waals surface area (Å²) in [6.45, 7) is 0.832. The van der Waals surface area contributed by atoms with Crippen molar-refractivity contribution >= 4 is 31.3 Å². The summed E-state index contributed by atoms with van der Waals surface area (Å²) in [5.74, 6) is -1.54. The highest BCUT2D eigenvalue weighted by Crippen LogP contribution is 2.22. The van der Waals surface area contributed by atoms with Crippen LogP contribution in [-0.2, 0) is 23.3 Å². The second-order valence-corrected chi connectivity index (χ2v) is 6.54. The Morgan fingerprint density at radius 2 is 2.15 bits per heavy atom. The lowest BCUT2D eigenvalue weighted by Crippen LogP contribution is -2.39. The van der Waals surface area contributed by atoms with E-state index >= 15 is 0 Å². The number of benzene rings is 1. The molecule has 1 atom stereocenters. The molecule has 2 rings (SSSR count). The topological polar surface area (TPSA) is 81.7 Å². The maximum absolute atomic E-state index is 13.6. The predicted octanol–water partition coefficient (Wildman–Crippen LogP) is 1.11. The van der Waals surface area contributed by atoms with Crippen LogP contribution in [0.5, 0.6) is 0 Å². The molecule has 1 N–H and O–H groups in total. The highest BCUT2D eigenvalue weighted by atomic mass is 35.7. The monoisotopic (exact) mass is 323 g/mol. The first-order valence-electron chi connectivity index (χ1n) is 5.62. The number of carbonyl (C=O) groups excluding carboxylic acids is 1. The van der Waals surface area contributed by atoms with Crippen LogP contribution in [0.2, 0.25) is 0 Å². The van der Waals surface area contributed by atoms with Crippen LogP contribution in [0, 0.1) is 5.82 Å². The van der Waals surface area contributed by atoms with E-state index in [0.717, 1.165) is 12.1 Å². The molecule has 1 heterocycles. The van der Waals surface area contributed by atoms with Gasteiger partial charge in [-0.25, -0.2) is 12.8 Å². The van der Waals surface area contributed by atoms with Crippen LogP contribution >= 0.6 is 10.7 Å². The summed E-state index contributed by atoms with van der Waals surface area (Å²) in [6.07, 6.45) is -0.775. The number of amides is 1. The molecule has 9 heteroatoms. The Labute approximate surface area is 119 Å². The molecule has 0 saturated carbocycles. The number of ether oxygens (including phenoxy) is 2. The van der Waals surface area contributed by atoms with Gasteiger partial charge in [-0.2, -0.15) is 0 Å². The molecule has 1 unspecified atom stereocenters. The molecule has 6 nitrogen and oxygen atoms in total. The highest BCUT2D eigenvalue weighted by Gasteiger charge is 2.23. The van der Waals surface area contributed by atoms with E-state index < -0.39 is 31.8 Å². The minimum atomic E-state index is -4.16. The van der Waals surface area contributed by atoms with E-state index in [1.807, 2.05) is 0 Å². The Balaban J connectivity index is 2.10. The molecule has 1 aromatic carbocycles. The van der Waals surface area contributed by atoms with Gasteiger partial charge in [0.05, 0.1) is 19.8 Å². The van der Waals surface area contributed by atoms with Gasteiger partial charge in [-0.3, -0.25) is 4.79 Å². The fourth-order valence-corrected chi connectivity index (χ4v) is 2.54. The Hall–Kier alpha value is -1.22. The van der Waals surface area contributed by atoms with Crippen molar-refractivity contribution < 1.29 is 27.1 Å². The molecular weight excluding hydrogens is 313 g/mol. The van der Waals surface area contributed by atoms with Gasteiger partial charge in [-0.05, 0) is 18.2 Å². The standard InChI is InChI=1S/C11H11ClFNO5S/c12-20(16,17)10-2-1-7(5-8(10)13)14-11(15)9-6-18-3-4-19-9/h1-2,5,9H,3-4,6H2,(H,14,15). The molecular formula is C11H11ClFNO5S. The van der Waals surface area contributed by atoms with Crippen molar-refractivity contribution in [3.8, 4) is 0 Å². The normalized spacial score (nSPS) is 19.6. The molecule has 0 aromatic heterocycles. The van der Waals surface area contributed by atoms with Crippen LogP contribution in [0.3, 0.4) is 0 Å². The average molecular weight is 324 g/mol. The summed E-state index contributed by atoms with van der Waals surface area (Å²) in [4.78, 5) is 11.1. The average Bonchev–Trinajstić information content (AvgIpc) is 2.38. The van der Waals surface area contributed by atoms with Gasteiger partial charge >= 0.3 is 0 Å². The van der Waals surface area contributed by atoms with Crippen molar-refractivity contribution in [2.24, 2.45) is 0 Å². The molecule has 1 amide bonds. The third-order valence-corrected chi connectivity index (χ3v) is 3.93. The molecule has 1 aromatic rings. The zero-order chi connectivity index (χ0) is 14.8. The largest absolute Gasteiger partial charge is 0.376 e. The van der Waals surface area contributed by atoms with Crippen molar-refractivity contribution in [2.45, 2.75) is 11.0 Å². The predicted molar refractivity (Wildman–Crippen MR) is 68.6 cm³/mol. The summed E-state index contributed by atoms with van der Waals surface area (Å²) < 4.78 is 45.9. The molecule has 0 radical (unpaired) electrons. The molecule has 0 aliphatic carbocycles. The van der Waals surface area contributed by atoms with Gasteiger partial charge in [0.2, 0.25) is 0 Å². The lowest BCUT2D eigenvalue weighted by atomic mass is 10.2. The fraction of sp³-hybridized carbons (Fsp3) is 0.364. The van der Waals surface area contributed by atoms with Crippen molar-refractivity contribution in [3.63, 3.8) is 0 Å². The van der Waals surface area contributed by atoms with Gasteiger partial charge in [-0.1, -0.05) is 0 Å². The maximum Gasteiger partial charge on any atom is 0.264 e. The number of nitrogens with one attached hydrogen (secondary N) is 1. The number of anilines is 1. The minimum absolute atomic E-state index is 0.103. The fourth-order valence-electron chi connectivity index (χ4n) is 1.64. The second-order valence-electron chi connectivity index (χ2n) is 4.01. The van der Waals surface area contributed by atoms with Gasteiger partial charge in [0, 0.05) is 16.4 Å². The molecule has 1 saturated heterocycles. The van der Waals surface area contributed by atoms with Crippen LogP contribution in [0.1, 0.15) is 0 Å². The second kappa shape index (κ2) is 6.04. The zero-order valence-corrected chi connectivity index (χ0v) is 11.7. The Morgan fingerprint density at radius 1 is 1.40 bits per heavy atom. The van der Waals surface area contributed by atoms with Crippen LogP contribution < -0.4 is 5.32 Å². The summed E-state index contributed by atoms with van der Waals surface area (Å²) in [5.41, 5.74) is 0.103. The van der Waals surface area contributed by atoms with Crippen molar-refractivity contribution in [1.82, 2.24) is 0 Å². The first-order chi connectivity index (χ1) is 9.38. The maximum atomic E-state index is 13.6. The van der Waals surface area contributed by atoms with Crippen molar-refractivity contribution in [1.29, 1.82) is 0 Å². The van der Waals surface area contributed by atoms with Crippen LogP contribution in [0.15, 0.2) is 23.1 Å². The number of carbonyl (C=O) groups is 1. The van der Waals surface area contributed by atoms with Crippen LogP contribution in [0.4, 0.5) is 10.1 Å². The third-order valence-electron chi connectivity index (χ3n) is 2.57. The molecule has 20 heavy (non-hydrogen) atoms. The van der Waals surface area contributed by atoms with Crippen molar-refractivity contribution in [3.05, 3.63) is 24.0 Å². The van der Waals surface area contributed by atoms with E-state index in [1.165, 1.54) is 6.07 Å². The van der Waals surface area contributed by atoms with Crippen molar-refractivity contribution in [2.75, 3.05) is 25.1 Å². The molecule has 0 spiro atoms. The smallest absolute Gasteiger partial charge is 0.264 e.